The molecule has 2 fully saturated rings. The third kappa shape index (κ3) is 6.17. The van der Waals surface area contributed by atoms with Crippen LogP contribution in [0.1, 0.15) is 19.3 Å². The van der Waals surface area contributed by atoms with Crippen LogP contribution < -0.4 is 4.90 Å². The molecule has 0 saturated carbocycles. The molecule has 0 spiro atoms. The Morgan fingerprint density at radius 2 is 1.65 bits per heavy atom. The van der Waals surface area contributed by atoms with Crippen molar-refractivity contribution in [1.82, 2.24) is 24.7 Å². The van der Waals surface area contributed by atoms with Crippen molar-refractivity contribution in [2.24, 2.45) is 0 Å². The van der Waals surface area contributed by atoms with E-state index in [9.17, 15) is 24.0 Å². The molecule has 0 aromatic carbocycles. The molecule has 13 heteroatoms. The van der Waals surface area contributed by atoms with Crippen molar-refractivity contribution in [3.63, 3.8) is 0 Å². The second-order valence-corrected chi connectivity index (χ2v) is 7.95. The van der Waals surface area contributed by atoms with E-state index in [1.807, 2.05) is 4.90 Å². The minimum Gasteiger partial charge on any atom is -0.480 e. The number of carbonyl (C=O) groups excluding carboxylic acids is 4. The van der Waals surface area contributed by atoms with Crippen molar-refractivity contribution >= 4 is 35.6 Å². The Morgan fingerprint density at radius 3 is 2.26 bits per heavy atom. The molecule has 184 valence electrons. The normalized spacial score (nSPS) is 18.6. The van der Waals surface area contributed by atoms with Crippen molar-refractivity contribution in [2.45, 2.75) is 25.3 Å². The van der Waals surface area contributed by atoms with Crippen LogP contribution in [0.25, 0.3) is 0 Å². The summed E-state index contributed by atoms with van der Waals surface area (Å²) in [4.78, 5) is 75.5. The molecular weight excluding hydrogens is 448 g/mol. The van der Waals surface area contributed by atoms with Gasteiger partial charge in [0.15, 0.2) is 0 Å². The van der Waals surface area contributed by atoms with Gasteiger partial charge in [-0.15, -0.1) is 0 Å². The highest BCUT2D eigenvalue weighted by atomic mass is 16.5. The van der Waals surface area contributed by atoms with Gasteiger partial charge in [-0.3, -0.25) is 24.0 Å². The summed E-state index contributed by atoms with van der Waals surface area (Å²) in [5.74, 6) is -2.52. The van der Waals surface area contributed by atoms with Gasteiger partial charge in [-0.25, -0.2) is 9.97 Å². The molecule has 34 heavy (non-hydrogen) atoms. The van der Waals surface area contributed by atoms with Crippen LogP contribution in [-0.2, 0) is 28.7 Å². The lowest BCUT2D eigenvalue weighted by Crippen LogP contribution is -2.60. The number of amides is 3. The molecule has 0 radical (unpaired) electrons. The van der Waals surface area contributed by atoms with E-state index in [0.717, 1.165) is 4.90 Å². The van der Waals surface area contributed by atoms with Crippen LogP contribution in [0.3, 0.4) is 0 Å². The second kappa shape index (κ2) is 11.4. The van der Waals surface area contributed by atoms with Gasteiger partial charge in [0.05, 0.1) is 13.5 Å². The zero-order chi connectivity index (χ0) is 24.7. The van der Waals surface area contributed by atoms with Gasteiger partial charge in [-0.05, 0) is 6.07 Å². The van der Waals surface area contributed by atoms with E-state index in [-0.39, 0.29) is 38.3 Å². The highest BCUT2D eigenvalue weighted by Gasteiger charge is 2.39. The molecular formula is C21H28N6O7. The zero-order valence-electron chi connectivity index (χ0n) is 19.0. The monoisotopic (exact) mass is 476 g/mol. The van der Waals surface area contributed by atoms with Crippen LogP contribution in [0.2, 0.25) is 0 Å². The fourth-order valence-corrected chi connectivity index (χ4v) is 4.02. The van der Waals surface area contributed by atoms with Crippen LogP contribution in [0.5, 0.6) is 0 Å². The summed E-state index contributed by atoms with van der Waals surface area (Å²) in [6.45, 7) is 1.69. The minimum absolute atomic E-state index is 0.0326. The SMILES string of the molecule is COC(=O)C[C@H]1C(=O)N(CC(=O)O)CCN1C(=O)CCC(=O)N1CCN(c2ncccn2)CC1. The third-order valence-corrected chi connectivity index (χ3v) is 5.84. The molecule has 0 aliphatic carbocycles. The number of hydrogen-bond donors (Lipinski definition) is 1. The maximum absolute atomic E-state index is 12.9. The molecule has 2 saturated heterocycles. The molecule has 3 rings (SSSR count). The van der Waals surface area contributed by atoms with Gasteiger partial charge in [0.25, 0.3) is 0 Å². The number of aromatic nitrogens is 2. The average Bonchev–Trinajstić information content (AvgIpc) is 2.85. The molecule has 3 amide bonds. The lowest BCUT2D eigenvalue weighted by atomic mass is 10.1. The lowest BCUT2D eigenvalue weighted by molar-refractivity contribution is -0.159. The number of esters is 1. The smallest absolute Gasteiger partial charge is 0.323 e. The van der Waals surface area contributed by atoms with Crippen LogP contribution >= 0.6 is 0 Å². The van der Waals surface area contributed by atoms with E-state index >= 15 is 0 Å². The molecule has 0 unspecified atom stereocenters. The topological polar surface area (TPSA) is 154 Å². The molecule has 1 aromatic rings. The molecule has 2 aliphatic rings. The molecule has 3 heterocycles. The molecule has 0 bridgehead atoms. The Morgan fingerprint density at radius 1 is 1.00 bits per heavy atom. The summed E-state index contributed by atoms with van der Waals surface area (Å²) in [5.41, 5.74) is 0. The summed E-state index contributed by atoms with van der Waals surface area (Å²) in [6, 6.07) is 0.577. The van der Waals surface area contributed by atoms with E-state index < -0.39 is 36.3 Å². The maximum Gasteiger partial charge on any atom is 0.323 e. The van der Waals surface area contributed by atoms with Crippen molar-refractivity contribution in [3.05, 3.63) is 18.5 Å². The molecule has 1 atom stereocenters. The standard InChI is InChI=1S/C21H28N6O7/c1-34-19(32)13-15-20(33)26(14-18(30)31)11-12-27(15)17(29)4-3-16(28)24-7-9-25(10-8-24)21-22-5-2-6-23-21/h2,5-6,15H,3-4,7-14H2,1H3,(H,30,31)/t15-/m0/s1. The van der Waals surface area contributed by atoms with Crippen LogP contribution in [-0.4, -0.2) is 118 Å². The summed E-state index contributed by atoms with van der Waals surface area (Å²) >= 11 is 0. The second-order valence-electron chi connectivity index (χ2n) is 7.95. The first-order valence-electron chi connectivity index (χ1n) is 11.0. The number of piperazine rings is 2. The Bertz CT molecular complexity index is 919. The minimum atomic E-state index is -1.19. The first-order valence-corrected chi connectivity index (χ1v) is 11.0. The Kier molecular flexibility index (Phi) is 8.33. The van der Waals surface area contributed by atoms with Gasteiger partial charge in [0, 0.05) is 64.5 Å². The van der Waals surface area contributed by atoms with Gasteiger partial charge in [-0.1, -0.05) is 0 Å². The first kappa shape index (κ1) is 24.9. The summed E-state index contributed by atoms with van der Waals surface area (Å²) in [7, 11) is 1.17. The van der Waals surface area contributed by atoms with Crippen molar-refractivity contribution in [2.75, 3.05) is 57.8 Å². The Labute approximate surface area is 196 Å². The van der Waals surface area contributed by atoms with Gasteiger partial charge >= 0.3 is 11.9 Å². The highest BCUT2D eigenvalue weighted by Crippen LogP contribution is 2.18. The number of carbonyl (C=O) groups is 5. The largest absolute Gasteiger partial charge is 0.480 e. The number of rotatable bonds is 8. The number of aliphatic carboxylic acids is 1. The van der Waals surface area contributed by atoms with Crippen molar-refractivity contribution < 1.29 is 33.8 Å². The van der Waals surface area contributed by atoms with Gasteiger partial charge in [-0.2, -0.15) is 0 Å². The number of hydrogen-bond acceptors (Lipinski definition) is 9. The number of ether oxygens (including phenoxy) is 1. The first-order chi connectivity index (χ1) is 16.3. The molecule has 2 aliphatic heterocycles. The number of carboxylic acids is 1. The van der Waals surface area contributed by atoms with Gasteiger partial charge in [0.2, 0.25) is 23.7 Å². The predicted octanol–water partition coefficient (Wildman–Crippen LogP) is -1.41. The quantitative estimate of drug-likeness (QED) is 0.443. The highest BCUT2D eigenvalue weighted by molar-refractivity contribution is 5.94. The zero-order valence-corrected chi connectivity index (χ0v) is 19.0. The van der Waals surface area contributed by atoms with Gasteiger partial charge < -0.3 is 29.4 Å². The van der Waals surface area contributed by atoms with Crippen LogP contribution in [0.15, 0.2) is 18.5 Å². The Hall–Kier alpha value is -3.77. The number of anilines is 1. The number of methoxy groups -OCH3 is 1. The average molecular weight is 476 g/mol. The van der Waals surface area contributed by atoms with E-state index in [1.165, 1.54) is 12.0 Å². The Balaban J connectivity index is 1.54. The summed E-state index contributed by atoms with van der Waals surface area (Å²) in [5, 5.41) is 9.01. The van der Waals surface area contributed by atoms with Crippen LogP contribution in [0, 0.1) is 0 Å². The number of carboxylic acid groups (broad SMARTS) is 1. The fraction of sp³-hybridized carbons (Fsp3) is 0.571. The summed E-state index contributed by atoms with van der Waals surface area (Å²) < 4.78 is 4.63. The lowest BCUT2D eigenvalue weighted by Gasteiger charge is -2.40. The van der Waals surface area contributed by atoms with Crippen molar-refractivity contribution in [3.8, 4) is 0 Å². The van der Waals surface area contributed by atoms with E-state index in [1.54, 1.807) is 23.4 Å². The van der Waals surface area contributed by atoms with E-state index in [4.69, 9.17) is 5.11 Å². The third-order valence-electron chi connectivity index (χ3n) is 5.84. The molecule has 13 nitrogen and oxygen atoms in total. The maximum atomic E-state index is 12.9. The van der Waals surface area contributed by atoms with Crippen LogP contribution in [0.4, 0.5) is 5.95 Å². The van der Waals surface area contributed by atoms with Crippen molar-refractivity contribution in [1.29, 1.82) is 0 Å². The van der Waals surface area contributed by atoms with Gasteiger partial charge in [0.1, 0.15) is 12.6 Å². The molecule has 1 N–H and O–H groups in total. The van der Waals surface area contributed by atoms with E-state index in [0.29, 0.717) is 32.1 Å². The fourth-order valence-electron chi connectivity index (χ4n) is 4.02. The van der Waals surface area contributed by atoms with E-state index in [2.05, 4.69) is 14.7 Å². The number of nitrogens with zero attached hydrogens (tertiary/aromatic N) is 6. The predicted molar refractivity (Wildman–Crippen MR) is 116 cm³/mol. The summed E-state index contributed by atoms with van der Waals surface area (Å²) in [6.07, 6.45) is 2.78. The molecule has 1 aromatic heterocycles.